The monoisotopic (exact) mass is 347 g/mol. The molecule has 0 aliphatic carbocycles. The second-order valence-electron chi connectivity index (χ2n) is 5.60. The van der Waals surface area contributed by atoms with Crippen LogP contribution in [0, 0.1) is 18.3 Å². The maximum Gasteiger partial charge on any atom is 0.337 e. The number of carbonyl (C=O) groups excluding carboxylic acids is 1. The Morgan fingerprint density at radius 1 is 1.24 bits per heavy atom. The minimum absolute atomic E-state index is 0.374. The first kappa shape index (κ1) is 15.4. The molecule has 0 aliphatic rings. The predicted molar refractivity (Wildman–Crippen MR) is 97.2 cm³/mol. The number of benzene rings is 2. The van der Waals surface area contributed by atoms with Crippen molar-refractivity contribution in [1.29, 1.82) is 5.26 Å². The van der Waals surface area contributed by atoms with Crippen LogP contribution in [0.4, 0.5) is 0 Å². The third-order valence-corrected chi connectivity index (χ3v) is 5.06. The van der Waals surface area contributed by atoms with E-state index in [2.05, 4.69) is 11.1 Å². The van der Waals surface area contributed by atoms with E-state index in [1.165, 1.54) is 7.11 Å². The van der Waals surface area contributed by atoms with Gasteiger partial charge in [-0.15, -0.1) is 11.3 Å². The van der Waals surface area contributed by atoms with Crippen molar-refractivity contribution in [2.45, 2.75) is 6.92 Å². The normalized spacial score (nSPS) is 10.9. The van der Waals surface area contributed by atoms with E-state index in [4.69, 9.17) is 4.74 Å². The van der Waals surface area contributed by atoms with Crippen LogP contribution >= 0.6 is 11.3 Å². The number of carbonyl (C=O) groups is 1. The van der Waals surface area contributed by atoms with Gasteiger partial charge in [-0.3, -0.25) is 0 Å². The maximum atomic E-state index is 11.6. The molecule has 122 valence electrons. The number of methoxy groups -OCH3 is 1. The molecule has 0 aliphatic heterocycles. The number of hydrogen-bond donors (Lipinski definition) is 0. The van der Waals surface area contributed by atoms with Crippen molar-refractivity contribution < 1.29 is 9.53 Å². The molecule has 0 saturated carbocycles. The van der Waals surface area contributed by atoms with Gasteiger partial charge in [-0.25, -0.2) is 9.78 Å². The summed E-state index contributed by atoms with van der Waals surface area (Å²) in [4.78, 5) is 16.2. The fourth-order valence-corrected chi connectivity index (χ4v) is 3.83. The van der Waals surface area contributed by atoms with Crippen LogP contribution in [0.3, 0.4) is 0 Å². The average molecular weight is 347 g/mol. The number of esters is 1. The highest BCUT2D eigenvalue weighted by Crippen LogP contribution is 2.33. The number of fused-ring (bicyclic) bond motifs is 3. The van der Waals surface area contributed by atoms with Crippen LogP contribution in [-0.2, 0) is 4.74 Å². The minimum Gasteiger partial charge on any atom is -0.465 e. The Bertz CT molecular complexity index is 1160. The zero-order valence-electron chi connectivity index (χ0n) is 13.6. The topological polar surface area (TPSA) is 67.9 Å². The number of aryl methyl sites for hydroxylation is 1. The van der Waals surface area contributed by atoms with E-state index < -0.39 is 0 Å². The third kappa shape index (κ3) is 2.37. The smallest absolute Gasteiger partial charge is 0.337 e. The van der Waals surface area contributed by atoms with Crippen molar-refractivity contribution in [3.8, 4) is 11.8 Å². The molecule has 0 spiro atoms. The van der Waals surface area contributed by atoms with Gasteiger partial charge in [0.1, 0.15) is 6.07 Å². The third-order valence-electron chi connectivity index (χ3n) is 4.12. The van der Waals surface area contributed by atoms with Crippen LogP contribution < -0.4 is 0 Å². The second-order valence-corrected chi connectivity index (χ2v) is 6.84. The molecule has 4 aromatic rings. The van der Waals surface area contributed by atoms with Crippen LogP contribution in [0.15, 0.2) is 42.6 Å². The lowest BCUT2D eigenvalue weighted by atomic mass is 10.1. The zero-order valence-corrected chi connectivity index (χ0v) is 14.4. The highest BCUT2D eigenvalue weighted by molar-refractivity contribution is 7.18. The van der Waals surface area contributed by atoms with Gasteiger partial charge in [0, 0.05) is 17.3 Å². The number of nitrogens with zero attached hydrogens (tertiary/aromatic N) is 3. The lowest BCUT2D eigenvalue weighted by Crippen LogP contribution is -2.01. The minimum atomic E-state index is -0.374. The summed E-state index contributed by atoms with van der Waals surface area (Å²) >= 11 is 1.62. The lowest BCUT2D eigenvalue weighted by Gasteiger charge is -2.06. The van der Waals surface area contributed by atoms with Crippen molar-refractivity contribution in [3.05, 3.63) is 58.7 Å². The molecule has 0 saturated heterocycles. The highest BCUT2D eigenvalue weighted by Gasteiger charge is 2.15. The quantitative estimate of drug-likeness (QED) is 0.510. The van der Waals surface area contributed by atoms with E-state index in [0.717, 1.165) is 31.8 Å². The number of ether oxygens (including phenoxy) is 1. The van der Waals surface area contributed by atoms with Crippen molar-refractivity contribution in [2.24, 2.45) is 0 Å². The zero-order chi connectivity index (χ0) is 17.6. The van der Waals surface area contributed by atoms with Gasteiger partial charge in [0.25, 0.3) is 0 Å². The molecule has 25 heavy (non-hydrogen) atoms. The Kier molecular flexibility index (Phi) is 3.52. The summed E-state index contributed by atoms with van der Waals surface area (Å²) in [6.07, 6.45) is 1.81. The van der Waals surface area contributed by atoms with E-state index in [-0.39, 0.29) is 5.97 Å². The van der Waals surface area contributed by atoms with E-state index in [1.807, 2.05) is 42.0 Å². The highest BCUT2D eigenvalue weighted by atomic mass is 32.1. The number of thiazole rings is 1. The Hall–Kier alpha value is -3.17. The number of rotatable bonds is 2. The molecule has 0 amide bonds. The van der Waals surface area contributed by atoms with Gasteiger partial charge in [0.05, 0.1) is 39.0 Å². The molecule has 0 radical (unpaired) electrons. The molecule has 2 heterocycles. The predicted octanol–water partition coefficient (Wildman–Crippen LogP) is 4.21. The molecule has 0 bridgehead atoms. The van der Waals surface area contributed by atoms with Gasteiger partial charge in [-0.05, 0) is 43.3 Å². The van der Waals surface area contributed by atoms with Gasteiger partial charge in [0.2, 0.25) is 0 Å². The van der Waals surface area contributed by atoms with Crippen LogP contribution in [-0.4, -0.2) is 22.6 Å². The Morgan fingerprint density at radius 3 is 2.68 bits per heavy atom. The number of hydrogen-bond acceptors (Lipinski definition) is 5. The van der Waals surface area contributed by atoms with Gasteiger partial charge >= 0.3 is 5.97 Å². The van der Waals surface area contributed by atoms with Crippen LogP contribution in [0.1, 0.15) is 20.9 Å². The van der Waals surface area contributed by atoms with Crippen LogP contribution in [0.25, 0.3) is 26.8 Å². The fourth-order valence-electron chi connectivity index (χ4n) is 3.00. The van der Waals surface area contributed by atoms with Crippen molar-refractivity contribution in [2.75, 3.05) is 7.11 Å². The van der Waals surface area contributed by atoms with E-state index in [9.17, 15) is 10.1 Å². The molecule has 2 aromatic carbocycles. The Balaban J connectivity index is 1.95. The molecule has 2 aromatic heterocycles. The lowest BCUT2D eigenvalue weighted by molar-refractivity contribution is 0.0601. The first-order chi connectivity index (χ1) is 12.1. The SMILES string of the molecule is COC(=O)c1ccc(-n2cc(C#N)c3c4nc(C)sc4ccc32)cc1. The van der Waals surface area contributed by atoms with Crippen molar-refractivity contribution >= 4 is 38.4 Å². The standard InChI is InChI=1S/C19H13N3O2S/c1-11-21-18-16(25-11)8-7-15-17(18)13(9-20)10-22(15)14-5-3-12(4-6-14)19(23)24-2/h3-8,10H,1-2H3. The summed E-state index contributed by atoms with van der Waals surface area (Å²) in [5, 5.41) is 11.4. The molecule has 0 atom stereocenters. The molecular formula is C19H13N3O2S. The Morgan fingerprint density at radius 2 is 2.00 bits per heavy atom. The largest absolute Gasteiger partial charge is 0.465 e. The number of nitriles is 1. The van der Waals surface area contributed by atoms with E-state index in [1.54, 1.807) is 23.5 Å². The summed E-state index contributed by atoms with van der Waals surface area (Å²) in [5.74, 6) is -0.374. The molecule has 4 rings (SSSR count). The van der Waals surface area contributed by atoms with Crippen molar-refractivity contribution in [3.63, 3.8) is 0 Å². The number of aromatic nitrogens is 2. The maximum absolute atomic E-state index is 11.6. The summed E-state index contributed by atoms with van der Waals surface area (Å²) in [5.41, 5.74) is 3.72. The van der Waals surface area contributed by atoms with E-state index >= 15 is 0 Å². The van der Waals surface area contributed by atoms with Gasteiger partial charge in [0.15, 0.2) is 0 Å². The van der Waals surface area contributed by atoms with Crippen LogP contribution in [0.2, 0.25) is 0 Å². The van der Waals surface area contributed by atoms with Gasteiger partial charge in [-0.2, -0.15) is 5.26 Å². The van der Waals surface area contributed by atoms with Gasteiger partial charge < -0.3 is 9.30 Å². The molecule has 0 N–H and O–H groups in total. The first-order valence-corrected chi connectivity index (χ1v) is 8.44. The molecule has 6 heteroatoms. The first-order valence-electron chi connectivity index (χ1n) is 7.62. The van der Waals surface area contributed by atoms with Gasteiger partial charge in [-0.1, -0.05) is 0 Å². The summed E-state index contributed by atoms with van der Waals surface area (Å²) in [7, 11) is 1.36. The molecule has 5 nitrogen and oxygen atoms in total. The summed E-state index contributed by atoms with van der Waals surface area (Å²) in [6.45, 7) is 1.96. The Labute approximate surface area is 147 Å². The fraction of sp³-hybridized carbons (Fsp3) is 0.105. The summed E-state index contributed by atoms with van der Waals surface area (Å²) < 4.78 is 7.75. The summed E-state index contributed by atoms with van der Waals surface area (Å²) in [6, 6.07) is 13.4. The van der Waals surface area contributed by atoms with E-state index in [0.29, 0.717) is 11.1 Å². The van der Waals surface area contributed by atoms with Crippen LogP contribution in [0.5, 0.6) is 0 Å². The molecular weight excluding hydrogens is 334 g/mol. The second kappa shape index (κ2) is 5.72. The molecule has 0 unspecified atom stereocenters. The van der Waals surface area contributed by atoms with Crippen molar-refractivity contribution in [1.82, 2.24) is 9.55 Å². The molecule has 0 fully saturated rings. The average Bonchev–Trinajstić information content (AvgIpc) is 3.20.